The van der Waals surface area contributed by atoms with Crippen molar-refractivity contribution in [3.63, 3.8) is 0 Å². The molecule has 0 atom stereocenters. The summed E-state index contributed by atoms with van der Waals surface area (Å²) in [5.74, 6) is 0. The highest BCUT2D eigenvalue weighted by Crippen LogP contribution is 2.51. The molecule has 0 aromatic heterocycles. The van der Waals surface area contributed by atoms with E-state index in [4.69, 9.17) is 4.65 Å². The molecule has 0 saturated heterocycles. The first-order chi connectivity index (χ1) is 14.4. The van der Waals surface area contributed by atoms with Gasteiger partial charge in [0.25, 0.3) is 0 Å². The van der Waals surface area contributed by atoms with Gasteiger partial charge in [-0.15, -0.1) is 0 Å². The van der Waals surface area contributed by atoms with Crippen LogP contribution in [-0.2, 0) is 10.1 Å². The van der Waals surface area contributed by atoms with Gasteiger partial charge in [0.05, 0.1) is 5.60 Å². The van der Waals surface area contributed by atoms with Gasteiger partial charge in [0.1, 0.15) is 0 Å². The maximum absolute atomic E-state index is 10.9. The predicted octanol–water partition coefficient (Wildman–Crippen LogP) is 6.19. The molecule has 0 spiro atoms. The highest BCUT2D eigenvalue weighted by Gasteiger charge is 2.38. The molecule has 4 rings (SSSR count). The van der Waals surface area contributed by atoms with Crippen LogP contribution in [0.25, 0.3) is 22.3 Å². The van der Waals surface area contributed by atoms with Gasteiger partial charge in [-0.05, 0) is 58.1 Å². The number of hydrogen-bond donors (Lipinski definition) is 1. The van der Waals surface area contributed by atoms with Crippen molar-refractivity contribution in [3.05, 3.63) is 77.9 Å². The largest absolute Gasteiger partial charge is 0.491 e. The van der Waals surface area contributed by atoms with Crippen molar-refractivity contribution in [1.82, 2.24) is 0 Å². The van der Waals surface area contributed by atoms with E-state index in [9.17, 15) is 5.02 Å². The average molecular weight is 412 g/mol. The minimum atomic E-state index is -0.977. The zero-order valence-electron chi connectivity index (χ0n) is 19.8. The van der Waals surface area contributed by atoms with Crippen molar-refractivity contribution < 1.29 is 9.68 Å². The molecule has 2 nitrogen and oxygen atoms in total. The van der Waals surface area contributed by atoms with Gasteiger partial charge >= 0.3 is 7.12 Å². The maximum atomic E-state index is 10.9. The molecule has 0 amide bonds. The second-order valence-electron chi connectivity index (χ2n) is 10.8. The molecule has 1 aliphatic carbocycles. The van der Waals surface area contributed by atoms with Crippen molar-refractivity contribution in [2.45, 2.75) is 59.5 Å². The third-order valence-corrected chi connectivity index (χ3v) is 7.30. The zero-order valence-corrected chi connectivity index (χ0v) is 19.8. The summed E-state index contributed by atoms with van der Waals surface area (Å²) in [6, 6.07) is 23.4. The molecule has 3 aromatic rings. The van der Waals surface area contributed by atoms with E-state index in [1.165, 1.54) is 27.8 Å². The van der Waals surface area contributed by atoms with Crippen molar-refractivity contribution in [2.75, 3.05) is 0 Å². The summed E-state index contributed by atoms with van der Waals surface area (Å²) in [5, 5.41) is 10.9. The van der Waals surface area contributed by atoms with E-state index in [0.29, 0.717) is 0 Å². The lowest BCUT2D eigenvalue weighted by molar-refractivity contribution is -0.0129. The van der Waals surface area contributed by atoms with Crippen molar-refractivity contribution in [1.29, 1.82) is 0 Å². The number of fused-ring (bicyclic) bond motifs is 3. The summed E-state index contributed by atoms with van der Waals surface area (Å²) in [7, 11) is -0.977. The first-order valence-electron chi connectivity index (χ1n) is 11.1. The summed E-state index contributed by atoms with van der Waals surface area (Å²) in [5.41, 5.74) is 7.78. The Balaban J connectivity index is 1.77. The predicted molar refractivity (Wildman–Crippen MR) is 132 cm³/mol. The molecule has 0 heterocycles. The lowest BCUT2D eigenvalue weighted by Gasteiger charge is -2.40. The van der Waals surface area contributed by atoms with Crippen LogP contribution in [0.1, 0.15) is 59.6 Å². The summed E-state index contributed by atoms with van der Waals surface area (Å²) >= 11 is 0. The molecular weight excluding hydrogens is 379 g/mol. The smallest absolute Gasteiger partial charge is 0.423 e. The van der Waals surface area contributed by atoms with E-state index < -0.39 is 12.7 Å². The minimum absolute atomic E-state index is 0.0289. The highest BCUT2D eigenvalue weighted by molar-refractivity contribution is 6.60. The van der Waals surface area contributed by atoms with Crippen molar-refractivity contribution in [3.8, 4) is 22.3 Å². The van der Waals surface area contributed by atoms with Gasteiger partial charge in [0.15, 0.2) is 0 Å². The molecule has 3 aromatic carbocycles. The number of hydrogen-bond acceptors (Lipinski definition) is 2. The van der Waals surface area contributed by atoms with Crippen LogP contribution < -0.4 is 5.46 Å². The summed E-state index contributed by atoms with van der Waals surface area (Å²) in [6.07, 6.45) is 0. The fourth-order valence-corrected chi connectivity index (χ4v) is 4.38. The van der Waals surface area contributed by atoms with E-state index in [1.807, 2.05) is 26.0 Å². The van der Waals surface area contributed by atoms with E-state index in [2.05, 4.69) is 89.2 Å². The molecule has 3 heteroatoms. The van der Waals surface area contributed by atoms with Crippen LogP contribution in [0.4, 0.5) is 0 Å². The molecule has 1 N–H and O–H groups in total. The van der Waals surface area contributed by atoms with Crippen LogP contribution in [0.3, 0.4) is 0 Å². The molecule has 160 valence electrons. The molecule has 0 fully saturated rings. The highest BCUT2D eigenvalue weighted by atomic mass is 16.5. The third-order valence-electron chi connectivity index (χ3n) is 7.30. The second-order valence-corrected chi connectivity index (χ2v) is 10.8. The zero-order chi connectivity index (χ0) is 22.6. The molecule has 0 aliphatic heterocycles. The van der Waals surface area contributed by atoms with Crippen LogP contribution in [0.2, 0.25) is 0 Å². The monoisotopic (exact) mass is 412 g/mol. The van der Waals surface area contributed by atoms with Crippen LogP contribution in [0, 0.1) is 5.41 Å². The van der Waals surface area contributed by atoms with E-state index in [1.54, 1.807) is 0 Å². The lowest BCUT2D eigenvalue weighted by atomic mass is 9.73. The third kappa shape index (κ3) is 3.64. The van der Waals surface area contributed by atoms with Gasteiger partial charge in [0, 0.05) is 5.41 Å². The van der Waals surface area contributed by atoms with E-state index >= 15 is 0 Å². The van der Waals surface area contributed by atoms with Gasteiger partial charge in [-0.3, -0.25) is 0 Å². The molecule has 31 heavy (non-hydrogen) atoms. The lowest BCUT2D eigenvalue weighted by Crippen LogP contribution is -2.48. The molecule has 0 saturated carbocycles. The normalized spacial score (nSPS) is 14.8. The number of benzene rings is 3. The molecule has 0 bridgehead atoms. The van der Waals surface area contributed by atoms with Gasteiger partial charge < -0.3 is 9.68 Å². The standard InChI is InChI=1S/C28H33BO2/c1-26(2,3)28(6,7)31-29(30)20-13-10-12-19(18-20)21-15-11-17-24-25(21)22-14-8-9-16-23(22)27(24,4)5/h8-18,30H,1-7H3. The van der Waals surface area contributed by atoms with Gasteiger partial charge in [-0.25, -0.2) is 0 Å². The molecule has 0 radical (unpaired) electrons. The quantitative estimate of drug-likeness (QED) is 0.518. The van der Waals surface area contributed by atoms with Crippen molar-refractivity contribution >= 4 is 12.6 Å². The summed E-state index contributed by atoms with van der Waals surface area (Å²) in [4.78, 5) is 0. The van der Waals surface area contributed by atoms with Crippen LogP contribution in [0.15, 0.2) is 66.7 Å². The Morgan fingerprint density at radius 3 is 2.10 bits per heavy atom. The molecule has 0 unspecified atom stereocenters. The Labute approximate surface area is 187 Å². The summed E-state index contributed by atoms with van der Waals surface area (Å²) < 4.78 is 6.12. The Hall–Kier alpha value is -2.36. The average Bonchev–Trinajstić information content (AvgIpc) is 2.95. The van der Waals surface area contributed by atoms with Crippen LogP contribution >= 0.6 is 0 Å². The molecule has 1 aliphatic rings. The van der Waals surface area contributed by atoms with Crippen LogP contribution in [0.5, 0.6) is 0 Å². The van der Waals surface area contributed by atoms with Gasteiger partial charge in [-0.1, -0.05) is 101 Å². The minimum Gasteiger partial charge on any atom is -0.423 e. The first-order valence-corrected chi connectivity index (χ1v) is 11.1. The van der Waals surface area contributed by atoms with Crippen LogP contribution in [-0.4, -0.2) is 17.7 Å². The number of rotatable bonds is 4. The Kier molecular flexibility index (Phi) is 5.19. The fourth-order valence-electron chi connectivity index (χ4n) is 4.38. The van der Waals surface area contributed by atoms with E-state index in [0.717, 1.165) is 11.0 Å². The molecular formula is C28H33BO2. The first kappa shape index (κ1) is 21.9. The Morgan fingerprint density at radius 1 is 0.774 bits per heavy atom. The summed E-state index contributed by atoms with van der Waals surface area (Å²) in [6.45, 7) is 15.0. The SMILES string of the molecule is CC1(C)c2ccccc2-c2c(-c3cccc(B(O)OC(C)(C)C(C)(C)C)c3)cccc21. The fraction of sp³-hybridized carbons (Fsp3) is 0.357. The van der Waals surface area contributed by atoms with E-state index in [-0.39, 0.29) is 10.8 Å². The second kappa shape index (κ2) is 7.36. The maximum Gasteiger partial charge on any atom is 0.491 e. The Morgan fingerprint density at radius 2 is 1.39 bits per heavy atom. The Bertz CT molecular complexity index is 1120. The van der Waals surface area contributed by atoms with Gasteiger partial charge in [0.2, 0.25) is 0 Å². The van der Waals surface area contributed by atoms with Gasteiger partial charge in [-0.2, -0.15) is 0 Å². The topological polar surface area (TPSA) is 29.5 Å². The van der Waals surface area contributed by atoms with Crippen molar-refractivity contribution in [2.24, 2.45) is 5.41 Å².